The van der Waals surface area contributed by atoms with Crippen LogP contribution in [0.3, 0.4) is 0 Å². The van der Waals surface area contributed by atoms with Gasteiger partial charge in [-0.1, -0.05) is 35.0 Å². The fourth-order valence-electron chi connectivity index (χ4n) is 1.91. The van der Waals surface area contributed by atoms with E-state index in [0.29, 0.717) is 12.3 Å². The molecular formula is C14H19BrO. The second kappa shape index (κ2) is 6.19. The van der Waals surface area contributed by atoms with Gasteiger partial charge >= 0.3 is 0 Å². The number of hydrogen-bond donors (Lipinski definition) is 0. The summed E-state index contributed by atoms with van der Waals surface area (Å²) in [7, 11) is 0. The van der Waals surface area contributed by atoms with Gasteiger partial charge in [0.15, 0.2) is 0 Å². The lowest BCUT2D eigenvalue weighted by Crippen LogP contribution is -2.01. The first-order valence-corrected chi connectivity index (χ1v) is 6.59. The minimum atomic E-state index is 0.285. The molecule has 0 radical (unpaired) electrons. The molecule has 0 saturated heterocycles. The van der Waals surface area contributed by atoms with Crippen molar-refractivity contribution in [1.29, 1.82) is 0 Å². The Bertz CT molecular complexity index is 371. The molecule has 0 heterocycles. The van der Waals surface area contributed by atoms with E-state index in [2.05, 4.69) is 48.0 Å². The third-order valence-electron chi connectivity index (χ3n) is 2.99. The largest absolute Gasteiger partial charge is 0.300 e. The summed E-state index contributed by atoms with van der Waals surface area (Å²) < 4.78 is 1.15. The Morgan fingerprint density at radius 2 is 2.12 bits per heavy atom. The molecule has 0 saturated carbocycles. The van der Waals surface area contributed by atoms with E-state index in [1.807, 2.05) is 0 Å². The van der Waals surface area contributed by atoms with Crippen molar-refractivity contribution in [2.75, 3.05) is 0 Å². The highest BCUT2D eigenvalue weighted by molar-refractivity contribution is 9.10. The molecule has 88 valence electrons. The fourth-order valence-corrected chi connectivity index (χ4v) is 2.15. The molecule has 16 heavy (non-hydrogen) atoms. The van der Waals surface area contributed by atoms with E-state index in [-0.39, 0.29) is 5.78 Å². The molecule has 0 spiro atoms. The van der Waals surface area contributed by atoms with Crippen molar-refractivity contribution in [2.24, 2.45) is 0 Å². The lowest BCUT2D eigenvalue weighted by molar-refractivity contribution is -0.117. The van der Waals surface area contributed by atoms with Crippen LogP contribution in [0.4, 0.5) is 0 Å². The molecule has 0 fully saturated rings. The van der Waals surface area contributed by atoms with Crippen molar-refractivity contribution in [2.45, 2.75) is 46.0 Å². The molecule has 0 aliphatic rings. The summed E-state index contributed by atoms with van der Waals surface area (Å²) in [5.74, 6) is 0.794. The zero-order chi connectivity index (χ0) is 12.1. The Hall–Kier alpha value is -0.630. The normalized spacial score (nSPS) is 12.5. The zero-order valence-electron chi connectivity index (χ0n) is 10.2. The molecule has 0 aliphatic carbocycles. The zero-order valence-corrected chi connectivity index (χ0v) is 11.8. The Labute approximate surface area is 106 Å². The highest BCUT2D eigenvalue weighted by Gasteiger charge is 2.11. The van der Waals surface area contributed by atoms with E-state index in [0.717, 1.165) is 17.3 Å². The smallest absolute Gasteiger partial charge is 0.129 e. The van der Waals surface area contributed by atoms with Crippen LogP contribution in [-0.4, -0.2) is 5.78 Å². The number of rotatable bonds is 5. The van der Waals surface area contributed by atoms with Crippen LogP contribution in [0.15, 0.2) is 22.7 Å². The summed E-state index contributed by atoms with van der Waals surface area (Å²) in [6.07, 6.45) is 2.74. The Kier molecular flexibility index (Phi) is 5.20. The molecule has 1 aromatic carbocycles. The van der Waals surface area contributed by atoms with Gasteiger partial charge in [-0.3, -0.25) is 0 Å². The second-order valence-corrected chi connectivity index (χ2v) is 5.21. The first-order chi connectivity index (χ1) is 7.54. The maximum absolute atomic E-state index is 11.0. The summed E-state index contributed by atoms with van der Waals surface area (Å²) in [5, 5.41) is 0. The van der Waals surface area contributed by atoms with Gasteiger partial charge in [0.25, 0.3) is 0 Å². The van der Waals surface area contributed by atoms with E-state index in [4.69, 9.17) is 0 Å². The number of carbonyl (C=O) groups is 1. The average molecular weight is 283 g/mol. The molecule has 0 aromatic heterocycles. The van der Waals surface area contributed by atoms with E-state index in [9.17, 15) is 4.79 Å². The van der Waals surface area contributed by atoms with Gasteiger partial charge < -0.3 is 4.79 Å². The molecule has 1 nitrogen and oxygen atoms in total. The predicted molar refractivity (Wildman–Crippen MR) is 71.8 cm³/mol. The first-order valence-electron chi connectivity index (χ1n) is 5.80. The van der Waals surface area contributed by atoms with Crippen molar-refractivity contribution in [3.63, 3.8) is 0 Å². The standard InChI is InChI=1S/C14H19BrO/c1-4-12(6-5-11(3)16)13-7-8-14(15)10(2)9-13/h7-9,12H,4-6H2,1-3H3. The number of halogens is 1. The lowest BCUT2D eigenvalue weighted by atomic mass is 9.90. The minimum absolute atomic E-state index is 0.285. The number of aryl methyl sites for hydroxylation is 1. The predicted octanol–water partition coefficient (Wildman–Crippen LogP) is 4.62. The van der Waals surface area contributed by atoms with Crippen LogP contribution in [-0.2, 0) is 4.79 Å². The van der Waals surface area contributed by atoms with Gasteiger partial charge in [0.05, 0.1) is 0 Å². The van der Waals surface area contributed by atoms with Gasteiger partial charge in [-0.05, 0) is 49.8 Å². The van der Waals surface area contributed by atoms with E-state index < -0.39 is 0 Å². The second-order valence-electron chi connectivity index (χ2n) is 4.35. The lowest BCUT2D eigenvalue weighted by Gasteiger charge is -2.15. The molecule has 1 atom stereocenters. The Morgan fingerprint density at radius 3 is 2.62 bits per heavy atom. The summed E-state index contributed by atoms with van der Waals surface area (Å²) in [5.41, 5.74) is 2.61. The van der Waals surface area contributed by atoms with E-state index in [1.165, 1.54) is 11.1 Å². The monoisotopic (exact) mass is 282 g/mol. The third-order valence-corrected chi connectivity index (χ3v) is 3.88. The highest BCUT2D eigenvalue weighted by Crippen LogP contribution is 2.28. The van der Waals surface area contributed by atoms with Crippen LogP contribution in [0.1, 0.15) is 50.2 Å². The van der Waals surface area contributed by atoms with E-state index in [1.54, 1.807) is 6.92 Å². The maximum Gasteiger partial charge on any atom is 0.129 e. The molecule has 0 bridgehead atoms. The molecule has 2 heteroatoms. The van der Waals surface area contributed by atoms with Crippen LogP contribution >= 0.6 is 15.9 Å². The summed E-state index contributed by atoms with van der Waals surface area (Å²) >= 11 is 3.51. The van der Waals surface area contributed by atoms with Gasteiger partial charge in [0, 0.05) is 10.9 Å². The number of hydrogen-bond acceptors (Lipinski definition) is 1. The van der Waals surface area contributed by atoms with Gasteiger partial charge in [-0.25, -0.2) is 0 Å². The molecule has 0 aliphatic heterocycles. The first kappa shape index (κ1) is 13.4. The number of ketones is 1. The number of carbonyl (C=O) groups excluding carboxylic acids is 1. The minimum Gasteiger partial charge on any atom is -0.300 e. The summed E-state index contributed by atoms with van der Waals surface area (Å²) in [4.78, 5) is 11.0. The van der Waals surface area contributed by atoms with Crippen molar-refractivity contribution in [3.05, 3.63) is 33.8 Å². The van der Waals surface area contributed by atoms with Crippen molar-refractivity contribution >= 4 is 21.7 Å². The third kappa shape index (κ3) is 3.75. The van der Waals surface area contributed by atoms with Crippen LogP contribution in [0.2, 0.25) is 0 Å². The van der Waals surface area contributed by atoms with Crippen LogP contribution < -0.4 is 0 Å². The van der Waals surface area contributed by atoms with Crippen LogP contribution in [0.25, 0.3) is 0 Å². The topological polar surface area (TPSA) is 17.1 Å². The quantitative estimate of drug-likeness (QED) is 0.770. The summed E-state index contributed by atoms with van der Waals surface area (Å²) in [6.45, 7) is 5.95. The fraction of sp³-hybridized carbons (Fsp3) is 0.500. The van der Waals surface area contributed by atoms with E-state index >= 15 is 0 Å². The average Bonchev–Trinajstić information content (AvgIpc) is 2.23. The van der Waals surface area contributed by atoms with Crippen LogP contribution in [0.5, 0.6) is 0 Å². The van der Waals surface area contributed by atoms with Crippen molar-refractivity contribution in [1.82, 2.24) is 0 Å². The number of Topliss-reactive ketones (excluding diaryl/α,β-unsaturated/α-hetero) is 1. The van der Waals surface area contributed by atoms with Gasteiger partial charge in [0.1, 0.15) is 5.78 Å². The van der Waals surface area contributed by atoms with Gasteiger partial charge in [0.2, 0.25) is 0 Å². The molecular weight excluding hydrogens is 264 g/mol. The molecule has 0 N–H and O–H groups in total. The molecule has 1 aromatic rings. The van der Waals surface area contributed by atoms with Gasteiger partial charge in [-0.15, -0.1) is 0 Å². The molecule has 1 rings (SSSR count). The molecule has 1 unspecified atom stereocenters. The SMILES string of the molecule is CCC(CCC(C)=O)c1ccc(Br)c(C)c1. The van der Waals surface area contributed by atoms with Crippen LogP contribution in [0, 0.1) is 6.92 Å². The maximum atomic E-state index is 11.0. The Balaban J connectivity index is 2.78. The van der Waals surface area contributed by atoms with Crippen molar-refractivity contribution < 1.29 is 4.79 Å². The highest BCUT2D eigenvalue weighted by atomic mass is 79.9. The Morgan fingerprint density at radius 1 is 1.44 bits per heavy atom. The number of benzene rings is 1. The molecule has 0 amide bonds. The summed E-state index contributed by atoms with van der Waals surface area (Å²) in [6, 6.07) is 6.48. The van der Waals surface area contributed by atoms with Gasteiger partial charge in [-0.2, -0.15) is 0 Å². The van der Waals surface area contributed by atoms with Crippen molar-refractivity contribution in [3.8, 4) is 0 Å².